The quantitative estimate of drug-likeness (QED) is 0.175. The van der Waals surface area contributed by atoms with Gasteiger partial charge in [-0.1, -0.05) is 68.3 Å². The lowest BCUT2D eigenvalue weighted by molar-refractivity contribution is -0.160. The molecular formula is C37H51N5O3. The predicted octanol–water partition coefficient (Wildman–Crippen LogP) is 7.05. The molecule has 0 radical (unpaired) electrons. The molecule has 3 heterocycles. The van der Waals surface area contributed by atoms with Gasteiger partial charge in [0.15, 0.2) is 0 Å². The summed E-state index contributed by atoms with van der Waals surface area (Å²) in [4.78, 5) is 28.1. The minimum Gasteiger partial charge on any atom is -0.463 e. The molecule has 0 saturated carbocycles. The summed E-state index contributed by atoms with van der Waals surface area (Å²) in [5.41, 5.74) is 3.56. The fourth-order valence-corrected chi connectivity index (χ4v) is 6.40. The lowest BCUT2D eigenvalue weighted by atomic mass is 9.84. The maximum atomic E-state index is 13.4. The molecule has 1 aromatic carbocycles. The van der Waals surface area contributed by atoms with E-state index in [-0.39, 0.29) is 18.3 Å². The van der Waals surface area contributed by atoms with Gasteiger partial charge in [0.1, 0.15) is 11.4 Å². The molecule has 8 heteroatoms. The van der Waals surface area contributed by atoms with Crippen molar-refractivity contribution in [3.63, 3.8) is 0 Å². The van der Waals surface area contributed by atoms with E-state index in [1.54, 1.807) is 0 Å². The number of hydrogen-bond acceptors (Lipinski definition) is 8. The number of anilines is 1. The average Bonchev–Trinajstić information content (AvgIpc) is 3.16. The Labute approximate surface area is 270 Å². The SMILES string of the molecule is C=CC[C@@H](CCCC)COc1nc2c(c(N3CCC(=C)C(C(=O)OC(C)(C)C)C(CC#N)C3)n1)CCN(Cc1ccccc1)C2. The molecule has 0 bridgehead atoms. The van der Waals surface area contributed by atoms with Gasteiger partial charge in [0, 0.05) is 50.6 Å². The molecule has 0 N–H and O–H groups in total. The molecule has 0 aliphatic carbocycles. The maximum Gasteiger partial charge on any atom is 0.318 e. The van der Waals surface area contributed by atoms with Crippen LogP contribution in [0, 0.1) is 29.1 Å². The molecule has 3 atom stereocenters. The van der Waals surface area contributed by atoms with Gasteiger partial charge in [-0.05, 0) is 57.9 Å². The zero-order chi connectivity index (χ0) is 32.4. The number of unbranched alkanes of at least 4 members (excludes halogenated alkanes) is 1. The summed E-state index contributed by atoms with van der Waals surface area (Å²) in [6.07, 6.45) is 7.84. The number of allylic oxidation sites excluding steroid dienone is 1. The van der Waals surface area contributed by atoms with Crippen LogP contribution in [-0.4, -0.2) is 52.7 Å². The van der Waals surface area contributed by atoms with Crippen molar-refractivity contribution < 1.29 is 14.3 Å². The summed E-state index contributed by atoms with van der Waals surface area (Å²) in [6.45, 7) is 20.2. The number of nitriles is 1. The van der Waals surface area contributed by atoms with Crippen LogP contribution < -0.4 is 9.64 Å². The van der Waals surface area contributed by atoms with E-state index in [2.05, 4.69) is 60.2 Å². The van der Waals surface area contributed by atoms with Crippen LogP contribution >= 0.6 is 0 Å². The Morgan fingerprint density at radius 1 is 1.20 bits per heavy atom. The molecule has 2 unspecified atom stereocenters. The van der Waals surface area contributed by atoms with Gasteiger partial charge >= 0.3 is 12.0 Å². The molecule has 4 rings (SSSR count). The minimum atomic E-state index is -0.620. The molecule has 0 amide bonds. The molecule has 2 aliphatic heterocycles. The van der Waals surface area contributed by atoms with E-state index < -0.39 is 11.5 Å². The van der Waals surface area contributed by atoms with Gasteiger partial charge in [-0.15, -0.1) is 6.58 Å². The number of aromatic nitrogens is 2. The van der Waals surface area contributed by atoms with E-state index in [9.17, 15) is 10.1 Å². The summed E-state index contributed by atoms with van der Waals surface area (Å²) in [7, 11) is 0. The zero-order valence-corrected chi connectivity index (χ0v) is 27.8. The van der Waals surface area contributed by atoms with Gasteiger partial charge in [0.05, 0.1) is 24.3 Å². The third-order valence-electron chi connectivity index (χ3n) is 8.65. The maximum absolute atomic E-state index is 13.4. The second-order valence-corrected chi connectivity index (χ2v) is 13.5. The largest absolute Gasteiger partial charge is 0.463 e. The van der Waals surface area contributed by atoms with Crippen molar-refractivity contribution in [3.05, 3.63) is 72.0 Å². The minimum absolute atomic E-state index is 0.224. The van der Waals surface area contributed by atoms with Crippen molar-refractivity contribution in [2.75, 3.05) is 31.1 Å². The molecule has 242 valence electrons. The average molecular weight is 614 g/mol. The number of esters is 1. The third kappa shape index (κ3) is 9.64. The van der Waals surface area contributed by atoms with Crippen molar-refractivity contribution in [2.24, 2.45) is 17.8 Å². The second-order valence-electron chi connectivity index (χ2n) is 13.5. The topological polar surface area (TPSA) is 91.6 Å². The monoisotopic (exact) mass is 613 g/mol. The van der Waals surface area contributed by atoms with Gasteiger partial charge in [-0.25, -0.2) is 0 Å². The molecule has 1 saturated heterocycles. The van der Waals surface area contributed by atoms with Crippen molar-refractivity contribution in [1.29, 1.82) is 5.26 Å². The van der Waals surface area contributed by atoms with Crippen LogP contribution in [-0.2, 0) is 29.0 Å². The van der Waals surface area contributed by atoms with E-state index in [0.717, 1.165) is 67.8 Å². The summed E-state index contributed by atoms with van der Waals surface area (Å²) >= 11 is 0. The number of carbonyl (C=O) groups excluding carboxylic acids is 1. The number of ether oxygens (including phenoxy) is 2. The Hall–Kier alpha value is -3.70. The Morgan fingerprint density at radius 2 is 1.98 bits per heavy atom. The highest BCUT2D eigenvalue weighted by Crippen LogP contribution is 2.36. The molecule has 1 fully saturated rings. The summed E-state index contributed by atoms with van der Waals surface area (Å²) in [6, 6.07) is 13.2. The first kappa shape index (κ1) is 34.2. The van der Waals surface area contributed by atoms with Crippen LogP contribution in [0.4, 0.5) is 5.82 Å². The number of benzene rings is 1. The van der Waals surface area contributed by atoms with Crippen molar-refractivity contribution in [1.82, 2.24) is 14.9 Å². The first-order valence-electron chi connectivity index (χ1n) is 16.5. The molecule has 2 aliphatic rings. The lowest BCUT2D eigenvalue weighted by Crippen LogP contribution is -2.38. The van der Waals surface area contributed by atoms with Gasteiger partial charge in [0.25, 0.3) is 0 Å². The number of hydrogen-bond donors (Lipinski definition) is 0. The highest BCUT2D eigenvalue weighted by Gasteiger charge is 2.38. The van der Waals surface area contributed by atoms with Gasteiger partial charge in [0.2, 0.25) is 0 Å². The Morgan fingerprint density at radius 3 is 2.67 bits per heavy atom. The number of nitrogens with zero attached hydrogens (tertiary/aromatic N) is 5. The highest BCUT2D eigenvalue weighted by atomic mass is 16.6. The van der Waals surface area contributed by atoms with Crippen LogP contribution in [0.15, 0.2) is 55.1 Å². The highest BCUT2D eigenvalue weighted by molar-refractivity contribution is 5.77. The molecule has 0 spiro atoms. The summed E-state index contributed by atoms with van der Waals surface area (Å²) in [5.74, 6) is 0.0982. The smallest absolute Gasteiger partial charge is 0.318 e. The van der Waals surface area contributed by atoms with Crippen LogP contribution in [0.25, 0.3) is 0 Å². The van der Waals surface area contributed by atoms with E-state index in [1.165, 1.54) is 5.56 Å². The number of fused-ring (bicyclic) bond motifs is 1. The van der Waals surface area contributed by atoms with Crippen molar-refractivity contribution in [3.8, 4) is 12.1 Å². The molecule has 1 aromatic heterocycles. The first-order chi connectivity index (χ1) is 21.6. The van der Waals surface area contributed by atoms with Gasteiger partial charge in [-0.3, -0.25) is 9.69 Å². The number of rotatable bonds is 13. The van der Waals surface area contributed by atoms with E-state index in [1.807, 2.05) is 32.9 Å². The van der Waals surface area contributed by atoms with Crippen LogP contribution in [0.5, 0.6) is 6.01 Å². The lowest BCUT2D eigenvalue weighted by Gasteiger charge is -2.33. The molecule has 45 heavy (non-hydrogen) atoms. The predicted molar refractivity (Wildman–Crippen MR) is 179 cm³/mol. The van der Waals surface area contributed by atoms with E-state index in [0.29, 0.717) is 44.6 Å². The Kier molecular flexibility index (Phi) is 12.2. The van der Waals surface area contributed by atoms with Crippen LogP contribution in [0.2, 0.25) is 0 Å². The fraction of sp³-hybridized carbons (Fsp3) is 0.568. The van der Waals surface area contributed by atoms with Crippen LogP contribution in [0.1, 0.15) is 83.0 Å². The summed E-state index contributed by atoms with van der Waals surface area (Å²) in [5, 5.41) is 9.79. The van der Waals surface area contributed by atoms with Crippen molar-refractivity contribution >= 4 is 11.8 Å². The first-order valence-corrected chi connectivity index (χ1v) is 16.5. The van der Waals surface area contributed by atoms with E-state index >= 15 is 0 Å². The second kappa shape index (κ2) is 16.0. The number of carbonyl (C=O) groups is 1. The Balaban J connectivity index is 1.65. The van der Waals surface area contributed by atoms with Gasteiger partial charge in [-0.2, -0.15) is 15.2 Å². The zero-order valence-electron chi connectivity index (χ0n) is 27.8. The standard InChI is InChI=1S/C37H51N5O3/c1-7-9-14-29(13-8-2)26-44-36-39-32-25-41(23-28-15-11-10-12-16-28)21-19-31(32)34(40-36)42-22-18-27(3)33(30(24-42)17-20-38)35(43)45-37(4,5)6/h8,10-12,15-16,29-30,33H,2-3,7,9,13-14,17-19,21-26H2,1,4-6H3/t29-,30?,33?/m0/s1. The van der Waals surface area contributed by atoms with Crippen molar-refractivity contribution in [2.45, 2.75) is 91.3 Å². The summed E-state index contributed by atoms with van der Waals surface area (Å²) < 4.78 is 12.2. The third-order valence-corrected chi connectivity index (χ3v) is 8.65. The van der Waals surface area contributed by atoms with Gasteiger partial charge < -0.3 is 14.4 Å². The molecule has 2 aromatic rings. The van der Waals surface area contributed by atoms with E-state index in [4.69, 9.17) is 19.4 Å². The molecule has 8 nitrogen and oxygen atoms in total. The Bertz CT molecular complexity index is 1350. The molecular weight excluding hydrogens is 562 g/mol. The normalized spacial score (nSPS) is 19.6. The van der Waals surface area contributed by atoms with Crippen LogP contribution in [0.3, 0.4) is 0 Å². The fourth-order valence-electron chi connectivity index (χ4n) is 6.40.